The highest BCUT2D eigenvalue weighted by atomic mass is 35.5. The van der Waals surface area contributed by atoms with Gasteiger partial charge in [-0.15, -0.1) is 18.2 Å². The van der Waals surface area contributed by atoms with E-state index in [-0.39, 0.29) is 22.5 Å². The number of aliphatic imine (C=N–C) groups is 1. The summed E-state index contributed by atoms with van der Waals surface area (Å²) in [6, 6.07) is 7.38. The maximum Gasteiger partial charge on any atom is 0.240 e. The van der Waals surface area contributed by atoms with E-state index in [9.17, 15) is 9.59 Å². The van der Waals surface area contributed by atoms with Gasteiger partial charge in [-0.25, -0.2) is 4.79 Å². The van der Waals surface area contributed by atoms with Crippen molar-refractivity contribution in [3.05, 3.63) is 48.1 Å². The van der Waals surface area contributed by atoms with Gasteiger partial charge in [0.1, 0.15) is 0 Å². The van der Waals surface area contributed by atoms with Crippen LogP contribution in [0.25, 0.3) is 5.57 Å². The van der Waals surface area contributed by atoms with Crippen molar-refractivity contribution in [2.24, 2.45) is 21.7 Å². The van der Waals surface area contributed by atoms with Crippen molar-refractivity contribution in [2.45, 2.75) is 32.6 Å². The topological polar surface area (TPSA) is 46.5 Å². The molecule has 0 aliphatic heterocycles. The second kappa shape index (κ2) is 5.54. The van der Waals surface area contributed by atoms with Crippen LogP contribution in [0, 0.1) is 16.7 Å². The molecule has 0 bridgehead atoms. The maximum absolute atomic E-state index is 13.2. The molecule has 0 amide bonds. The van der Waals surface area contributed by atoms with Crippen LogP contribution in [0.5, 0.6) is 0 Å². The van der Waals surface area contributed by atoms with Crippen LogP contribution < -0.4 is 0 Å². The number of para-hydroxylation sites is 1. The minimum atomic E-state index is -0.766. The van der Waals surface area contributed by atoms with Crippen LogP contribution >= 0.6 is 11.6 Å². The molecule has 3 atom stereocenters. The van der Waals surface area contributed by atoms with Gasteiger partial charge in [-0.05, 0) is 36.3 Å². The molecule has 3 nitrogen and oxygen atoms in total. The molecular formula is C20H20ClNO2. The molecule has 0 radical (unpaired) electrons. The number of nitrogens with zero attached hydrogens (tertiary/aromatic N) is 1. The summed E-state index contributed by atoms with van der Waals surface area (Å²) in [6.07, 6.45) is 4.00. The van der Waals surface area contributed by atoms with Crippen molar-refractivity contribution in [2.75, 3.05) is 0 Å². The van der Waals surface area contributed by atoms with Crippen LogP contribution in [0.2, 0.25) is 0 Å². The number of rotatable bonds is 3. The SMILES string of the molecule is C=C[C@@]1(C)C(=O)C2=C(c3ccccc3N=C=O)C(C)(C)[C@H]2C[C@H]1Cl. The molecule has 0 unspecified atom stereocenters. The van der Waals surface area contributed by atoms with Crippen molar-refractivity contribution in [3.63, 3.8) is 0 Å². The van der Waals surface area contributed by atoms with Gasteiger partial charge in [0.25, 0.3) is 0 Å². The third kappa shape index (κ3) is 2.08. The van der Waals surface area contributed by atoms with E-state index in [4.69, 9.17) is 11.6 Å². The second-order valence-corrected chi connectivity index (χ2v) is 7.83. The second-order valence-electron chi connectivity index (χ2n) is 7.30. The number of alkyl halides is 1. The number of ketones is 1. The molecule has 0 N–H and O–H groups in total. The summed E-state index contributed by atoms with van der Waals surface area (Å²) in [7, 11) is 0. The van der Waals surface area contributed by atoms with E-state index in [0.29, 0.717) is 5.69 Å². The predicted molar refractivity (Wildman–Crippen MR) is 96.0 cm³/mol. The molecule has 0 heterocycles. The Morgan fingerprint density at radius 1 is 1.33 bits per heavy atom. The first-order valence-electron chi connectivity index (χ1n) is 8.03. The van der Waals surface area contributed by atoms with Crippen LogP contribution in [-0.4, -0.2) is 17.2 Å². The Kier molecular flexibility index (Phi) is 3.90. The van der Waals surface area contributed by atoms with Crippen LogP contribution in [-0.2, 0) is 9.59 Å². The zero-order valence-electron chi connectivity index (χ0n) is 14.1. The summed E-state index contributed by atoms with van der Waals surface area (Å²) < 4.78 is 0. The lowest BCUT2D eigenvalue weighted by Crippen LogP contribution is -2.53. The fraction of sp³-hybridized carbons (Fsp3) is 0.400. The Labute approximate surface area is 147 Å². The molecule has 3 rings (SSSR count). The Bertz CT molecular complexity index is 817. The normalized spacial score (nSPS) is 30.9. The molecule has 0 saturated heterocycles. The first-order valence-corrected chi connectivity index (χ1v) is 8.47. The Hall–Kier alpha value is -1.96. The molecular weight excluding hydrogens is 322 g/mol. The van der Waals surface area contributed by atoms with Crippen molar-refractivity contribution < 1.29 is 9.59 Å². The van der Waals surface area contributed by atoms with Crippen molar-refractivity contribution in [3.8, 4) is 0 Å². The number of allylic oxidation sites excluding steroid dienone is 3. The standard InChI is InChI=1S/C20H20ClNO2/c1-5-20(4)15(21)10-13-16(18(20)24)17(19(13,2)3)12-8-6-7-9-14(12)22-11-23/h5-9,13,15H,1,10H2,2-4H3/t13-,15+,20+/m0/s1. The van der Waals surface area contributed by atoms with Gasteiger partial charge in [0.15, 0.2) is 5.78 Å². The molecule has 1 aromatic carbocycles. The molecule has 1 saturated carbocycles. The summed E-state index contributed by atoms with van der Waals surface area (Å²) >= 11 is 6.53. The highest BCUT2D eigenvalue weighted by Crippen LogP contribution is 2.64. The zero-order chi connectivity index (χ0) is 17.7. The van der Waals surface area contributed by atoms with E-state index in [2.05, 4.69) is 25.4 Å². The van der Waals surface area contributed by atoms with Gasteiger partial charge in [-0.1, -0.05) is 38.1 Å². The number of hydrogen-bond donors (Lipinski definition) is 0. The third-order valence-electron chi connectivity index (χ3n) is 5.72. The molecule has 1 aromatic rings. The fourth-order valence-corrected chi connectivity index (χ4v) is 4.46. The van der Waals surface area contributed by atoms with Crippen LogP contribution in [0.4, 0.5) is 5.69 Å². The quantitative estimate of drug-likeness (QED) is 0.342. The minimum Gasteiger partial charge on any atom is -0.293 e. The summed E-state index contributed by atoms with van der Waals surface area (Å²) in [4.78, 5) is 27.7. The van der Waals surface area contributed by atoms with Gasteiger partial charge < -0.3 is 0 Å². The van der Waals surface area contributed by atoms with Crippen molar-refractivity contribution >= 4 is 34.7 Å². The van der Waals surface area contributed by atoms with E-state index >= 15 is 0 Å². The largest absolute Gasteiger partial charge is 0.293 e. The lowest BCUT2D eigenvalue weighted by molar-refractivity contribution is -0.125. The monoisotopic (exact) mass is 341 g/mol. The molecule has 0 aromatic heterocycles. The van der Waals surface area contributed by atoms with E-state index in [0.717, 1.165) is 23.1 Å². The number of isocyanates is 1. The smallest absolute Gasteiger partial charge is 0.240 e. The Morgan fingerprint density at radius 3 is 2.62 bits per heavy atom. The average Bonchev–Trinajstić information content (AvgIpc) is 2.56. The summed E-state index contributed by atoms with van der Waals surface area (Å²) in [5, 5.41) is -0.264. The summed E-state index contributed by atoms with van der Waals surface area (Å²) in [5.41, 5.74) is 2.18. The van der Waals surface area contributed by atoms with E-state index in [1.807, 2.05) is 25.1 Å². The first kappa shape index (κ1) is 16.9. The molecule has 2 aliphatic carbocycles. The van der Waals surface area contributed by atoms with Crippen LogP contribution in [0.1, 0.15) is 32.8 Å². The zero-order valence-corrected chi connectivity index (χ0v) is 14.9. The molecule has 4 heteroatoms. The van der Waals surface area contributed by atoms with Crippen LogP contribution in [0.3, 0.4) is 0 Å². The number of carbonyl (C=O) groups is 1. The van der Waals surface area contributed by atoms with E-state index in [1.165, 1.54) is 0 Å². The van der Waals surface area contributed by atoms with Gasteiger partial charge in [0, 0.05) is 11.1 Å². The van der Waals surface area contributed by atoms with Crippen molar-refractivity contribution in [1.82, 2.24) is 0 Å². The van der Waals surface area contributed by atoms with Gasteiger partial charge >= 0.3 is 0 Å². The van der Waals surface area contributed by atoms with Gasteiger partial charge in [0.05, 0.1) is 16.5 Å². The Balaban J connectivity index is 2.25. The van der Waals surface area contributed by atoms with Gasteiger partial charge in [-0.3, -0.25) is 4.79 Å². The first-order chi connectivity index (χ1) is 11.3. The van der Waals surface area contributed by atoms with Gasteiger partial charge in [0.2, 0.25) is 6.08 Å². The maximum atomic E-state index is 13.2. The molecule has 24 heavy (non-hydrogen) atoms. The van der Waals surface area contributed by atoms with Crippen molar-refractivity contribution in [1.29, 1.82) is 0 Å². The number of Topliss-reactive ketones (excluding diaryl/α,β-unsaturated/α-hetero) is 1. The number of benzene rings is 1. The molecule has 124 valence electrons. The number of fused-ring (bicyclic) bond motifs is 1. The molecule has 0 spiro atoms. The number of halogens is 1. The summed E-state index contributed by atoms with van der Waals surface area (Å²) in [5.74, 6) is 0.150. The highest BCUT2D eigenvalue weighted by Gasteiger charge is 2.58. The molecule has 2 aliphatic rings. The fourth-order valence-electron chi connectivity index (χ4n) is 4.09. The number of carbonyl (C=O) groups excluding carboxylic acids is 2. The highest BCUT2D eigenvalue weighted by molar-refractivity contribution is 6.26. The lowest BCUT2D eigenvalue weighted by atomic mass is 9.48. The van der Waals surface area contributed by atoms with E-state index < -0.39 is 5.41 Å². The minimum absolute atomic E-state index is 0.0351. The van der Waals surface area contributed by atoms with E-state index in [1.54, 1.807) is 18.2 Å². The predicted octanol–water partition coefficient (Wildman–Crippen LogP) is 4.84. The molecule has 1 fully saturated rings. The Morgan fingerprint density at radius 2 is 2.00 bits per heavy atom. The summed E-state index contributed by atoms with van der Waals surface area (Å²) in [6.45, 7) is 9.91. The number of hydrogen-bond acceptors (Lipinski definition) is 3. The average molecular weight is 342 g/mol. The van der Waals surface area contributed by atoms with Crippen LogP contribution in [0.15, 0.2) is 47.5 Å². The lowest BCUT2D eigenvalue weighted by Gasteiger charge is -2.55. The third-order valence-corrected chi connectivity index (χ3v) is 6.36. The van der Waals surface area contributed by atoms with Gasteiger partial charge in [-0.2, -0.15) is 4.99 Å².